The number of ether oxygens (including phenoxy) is 9. The second kappa shape index (κ2) is 29.8. The zero-order chi connectivity index (χ0) is 43.4. The fourth-order valence-electron chi connectivity index (χ4n) is 5.39. The van der Waals surface area contributed by atoms with Crippen molar-refractivity contribution < 1.29 is 52.5 Å². The van der Waals surface area contributed by atoms with Crippen molar-refractivity contribution in [2.45, 2.75) is 142 Å². The Balaban J connectivity index is 0.00000286. The lowest BCUT2D eigenvalue weighted by molar-refractivity contribution is -0.302. The van der Waals surface area contributed by atoms with Gasteiger partial charge in [0, 0.05) is 42.4 Å². The normalized spacial score (nSPS) is 10.7. The predicted octanol–water partition coefficient (Wildman–Crippen LogP) is 10.6. The first kappa shape index (κ1) is 50.8. The van der Waals surface area contributed by atoms with Gasteiger partial charge in [0.25, 0.3) is 14.7 Å². The summed E-state index contributed by atoms with van der Waals surface area (Å²) in [7, 11) is -1.06. The van der Waals surface area contributed by atoms with Crippen LogP contribution in [0.5, 0.6) is 51.7 Å². The van der Waals surface area contributed by atoms with Gasteiger partial charge in [0.2, 0.25) is 0 Å². The maximum absolute atomic E-state index is 8.89. The van der Waals surface area contributed by atoms with E-state index in [1.807, 2.05) is 36.4 Å². The Morgan fingerprint density at radius 1 is 0.373 bits per heavy atom. The van der Waals surface area contributed by atoms with E-state index in [0.717, 1.165) is 79.4 Å². The van der Waals surface area contributed by atoms with Crippen molar-refractivity contribution in [2.24, 2.45) is 0 Å². The van der Waals surface area contributed by atoms with Gasteiger partial charge < -0.3 is 52.5 Å². The van der Waals surface area contributed by atoms with Crippen LogP contribution in [0.3, 0.4) is 0 Å². The molecule has 0 aliphatic carbocycles. The summed E-state index contributed by atoms with van der Waals surface area (Å²) in [6.07, 6.45) is 7.50. The highest BCUT2D eigenvalue weighted by atomic mass is 32.2. The van der Waals surface area contributed by atoms with E-state index in [1.54, 1.807) is 0 Å². The Morgan fingerprint density at radius 2 is 0.525 bits per heavy atom. The number of aliphatic carboxylic acids is 1. The Kier molecular flexibility index (Phi) is 25.7. The number of benzene rings is 3. The Hall–Kier alpha value is -4.32. The molecule has 11 nitrogen and oxygen atoms in total. The highest BCUT2D eigenvalue weighted by molar-refractivity contribution is 7.97. The number of carboxylic acid groups (broad SMARTS) is 1. The minimum absolute atomic E-state index is 0.499. The Labute approximate surface area is 357 Å². The van der Waals surface area contributed by atoms with E-state index in [9.17, 15) is 0 Å². The van der Waals surface area contributed by atoms with Gasteiger partial charge in [-0.25, -0.2) is 0 Å². The van der Waals surface area contributed by atoms with Crippen molar-refractivity contribution in [2.75, 3.05) is 59.5 Å². The van der Waals surface area contributed by atoms with Crippen LogP contribution in [-0.4, -0.2) is 65.4 Å². The van der Waals surface area contributed by atoms with Gasteiger partial charge in [-0.3, -0.25) is 0 Å². The van der Waals surface area contributed by atoms with E-state index in [-0.39, 0.29) is 0 Å². The zero-order valence-electron chi connectivity index (χ0n) is 37.6. The highest BCUT2D eigenvalue weighted by Gasteiger charge is 2.47. The Bertz CT molecular complexity index is 1360. The van der Waals surface area contributed by atoms with Crippen LogP contribution in [0.15, 0.2) is 51.1 Å². The molecule has 0 radical (unpaired) electrons. The first-order valence-corrected chi connectivity index (χ1v) is 23.0. The number of carboxylic acids is 1. The van der Waals surface area contributed by atoms with Crippen molar-refractivity contribution in [1.82, 2.24) is 0 Å². The molecule has 0 spiro atoms. The third-order valence-electron chi connectivity index (χ3n) is 7.78. The van der Waals surface area contributed by atoms with Gasteiger partial charge in [0.05, 0.1) is 59.5 Å². The molecule has 0 unspecified atom stereocenters. The quantitative estimate of drug-likeness (QED) is 0.0596. The summed E-state index contributed by atoms with van der Waals surface area (Å²) in [4.78, 5) is 11.4. The molecule has 3 aromatic carbocycles. The molecule has 0 amide bonds. The molecule has 0 saturated carbocycles. The van der Waals surface area contributed by atoms with Crippen LogP contribution < -0.4 is 47.7 Å². The molecule has 0 N–H and O–H groups in total. The molecule has 0 fully saturated rings. The van der Waals surface area contributed by atoms with Gasteiger partial charge in [0.1, 0.15) is 28.1 Å². The van der Waals surface area contributed by atoms with Crippen LogP contribution >= 0.6 is 0 Å². The Morgan fingerprint density at radius 3 is 0.678 bits per heavy atom. The van der Waals surface area contributed by atoms with E-state index in [4.69, 9.17) is 52.5 Å². The minimum atomic E-state index is -1.08. The summed E-state index contributed by atoms with van der Waals surface area (Å²) in [5.41, 5.74) is 0. The lowest BCUT2D eigenvalue weighted by Gasteiger charge is -2.24. The number of hydrogen-bond donors (Lipinski definition) is 0. The smallest absolute Gasteiger partial charge is 0.250 e. The maximum Gasteiger partial charge on any atom is 0.250 e. The first-order valence-electron chi connectivity index (χ1n) is 21.8. The molecular formula is C47H72O11S. The lowest BCUT2D eigenvalue weighted by atomic mass is 10.2. The standard InChI is InChI=1S/C45H69O9S.C2H4O2/c1-10-19-46-34-28-37(49-22-13-4)43(38(29-34)50-23-14-5)55(44-39(51-24-15-6)30-35(47-20-11-2)31-40(44)52-25-16-7)45-41(53-26-17-8)32-36(48-21-12-3)33-42(45)54-27-18-9;1-2(3)4/h28-33H,10-27H2,1-9H3;1H3,(H,3,4)/q+1;/p-1. The van der Waals surface area contributed by atoms with Crippen molar-refractivity contribution >= 4 is 16.9 Å². The summed E-state index contributed by atoms with van der Waals surface area (Å²) in [6.45, 7) is 24.6. The fraction of sp³-hybridized carbons (Fsp3) is 0.596. The van der Waals surface area contributed by atoms with Gasteiger partial charge in [-0.1, -0.05) is 62.3 Å². The number of carbonyl (C=O) groups excluding carboxylic acids is 1. The van der Waals surface area contributed by atoms with E-state index >= 15 is 0 Å². The summed E-state index contributed by atoms with van der Waals surface area (Å²) < 4.78 is 59.1. The number of carbonyl (C=O) groups is 1. The molecule has 0 aromatic heterocycles. The molecule has 0 atom stereocenters. The van der Waals surface area contributed by atoms with Gasteiger partial charge in [-0.05, 0) is 64.7 Å². The van der Waals surface area contributed by atoms with Gasteiger partial charge >= 0.3 is 0 Å². The monoisotopic (exact) mass is 844 g/mol. The minimum Gasteiger partial charge on any atom is -0.550 e. The summed E-state index contributed by atoms with van der Waals surface area (Å²) in [6, 6.07) is 12.0. The van der Waals surface area contributed by atoms with Gasteiger partial charge in [-0.15, -0.1) is 0 Å². The maximum atomic E-state index is 8.89. The van der Waals surface area contributed by atoms with Gasteiger partial charge in [-0.2, -0.15) is 0 Å². The van der Waals surface area contributed by atoms with Crippen molar-refractivity contribution in [3.8, 4) is 51.7 Å². The van der Waals surface area contributed by atoms with E-state index in [0.29, 0.717) is 111 Å². The van der Waals surface area contributed by atoms with Gasteiger partial charge in [0.15, 0.2) is 34.5 Å². The molecule has 0 saturated heterocycles. The second-order valence-corrected chi connectivity index (χ2v) is 15.5. The highest BCUT2D eigenvalue weighted by Crippen LogP contribution is 2.55. The van der Waals surface area contributed by atoms with Crippen molar-refractivity contribution in [3.05, 3.63) is 36.4 Å². The molecule has 0 aliphatic rings. The summed E-state index contributed by atoms with van der Waals surface area (Å²) in [5, 5.41) is 8.89. The summed E-state index contributed by atoms with van der Waals surface area (Å²) >= 11 is 0. The zero-order valence-corrected chi connectivity index (χ0v) is 38.4. The van der Waals surface area contributed by atoms with Crippen LogP contribution in [0.2, 0.25) is 0 Å². The van der Waals surface area contributed by atoms with Crippen LogP contribution in [0.25, 0.3) is 0 Å². The average molecular weight is 845 g/mol. The van der Waals surface area contributed by atoms with Crippen LogP contribution in [-0.2, 0) is 15.7 Å². The molecule has 12 heteroatoms. The van der Waals surface area contributed by atoms with E-state index in [2.05, 4.69) is 62.3 Å². The molecule has 0 bridgehead atoms. The predicted molar refractivity (Wildman–Crippen MR) is 234 cm³/mol. The molecule has 332 valence electrons. The molecule has 3 aromatic rings. The molecule has 59 heavy (non-hydrogen) atoms. The van der Waals surface area contributed by atoms with Crippen molar-refractivity contribution in [1.29, 1.82) is 0 Å². The molecule has 3 rings (SSSR count). The molecule has 0 heterocycles. The second-order valence-electron chi connectivity index (χ2n) is 13.7. The average Bonchev–Trinajstić information content (AvgIpc) is 3.23. The lowest BCUT2D eigenvalue weighted by Crippen LogP contribution is -2.17. The SMILES string of the molecule is CC(=O)[O-].CCCOc1cc(OCCC)c([S+](c2c(OCCC)cc(OCCC)cc2OCCC)c2c(OCCC)cc(OCCC)cc2OCCC)c(OCCC)c1. The number of hydrogen-bond acceptors (Lipinski definition) is 11. The topological polar surface area (TPSA) is 123 Å². The van der Waals surface area contributed by atoms with E-state index in [1.165, 1.54) is 0 Å². The molecule has 0 aliphatic heterocycles. The van der Waals surface area contributed by atoms with E-state index < -0.39 is 16.9 Å². The fourth-order valence-corrected chi connectivity index (χ4v) is 7.92. The van der Waals surface area contributed by atoms with Crippen molar-refractivity contribution in [3.63, 3.8) is 0 Å². The molecular weight excluding hydrogens is 773 g/mol. The van der Waals surface area contributed by atoms with Crippen LogP contribution in [0.4, 0.5) is 0 Å². The largest absolute Gasteiger partial charge is 0.550 e. The third kappa shape index (κ3) is 17.1. The number of rotatable bonds is 30. The van der Waals surface area contributed by atoms with Crippen LogP contribution in [0, 0.1) is 0 Å². The first-order chi connectivity index (χ1) is 28.7. The summed E-state index contributed by atoms with van der Waals surface area (Å²) in [5.74, 6) is 4.94. The van der Waals surface area contributed by atoms with Crippen LogP contribution in [0.1, 0.15) is 127 Å². The third-order valence-corrected chi connectivity index (χ3v) is 10.2.